The minimum atomic E-state index is -0.264. The van der Waals surface area contributed by atoms with Gasteiger partial charge >= 0.3 is 0 Å². The summed E-state index contributed by atoms with van der Waals surface area (Å²) in [6.07, 6.45) is 4.55. The molecule has 1 aromatic heterocycles. The Labute approximate surface area is 164 Å². The first kappa shape index (κ1) is 18.0. The molecule has 1 fully saturated rings. The van der Waals surface area contributed by atoms with Crippen LogP contribution in [-0.2, 0) is 0 Å². The van der Waals surface area contributed by atoms with Gasteiger partial charge in [0.2, 0.25) is 0 Å². The van der Waals surface area contributed by atoms with E-state index >= 15 is 0 Å². The average molecular weight is 378 g/mol. The number of hydrogen-bond donors (Lipinski definition) is 1. The van der Waals surface area contributed by atoms with Crippen LogP contribution in [0.25, 0.3) is 0 Å². The van der Waals surface area contributed by atoms with Gasteiger partial charge in [-0.1, -0.05) is 29.8 Å². The molecule has 0 amide bonds. The van der Waals surface area contributed by atoms with Crippen LogP contribution in [0.2, 0.25) is 0 Å². The van der Waals surface area contributed by atoms with Crippen LogP contribution in [0.3, 0.4) is 0 Å². The first-order valence-corrected chi connectivity index (χ1v) is 10.4. The summed E-state index contributed by atoms with van der Waals surface area (Å²) in [5.41, 5.74) is 4.81. The largest absolute Gasteiger partial charge is 0.286 e. The minimum absolute atomic E-state index is 0.0883. The molecule has 4 rings (SSSR count). The summed E-state index contributed by atoms with van der Waals surface area (Å²) in [6.45, 7) is 4.27. The number of thioether (sulfide) groups is 1. The topological polar surface area (TPSA) is 64.3 Å². The van der Waals surface area contributed by atoms with Gasteiger partial charge < -0.3 is 0 Å². The zero-order chi connectivity index (χ0) is 19.0. The van der Waals surface area contributed by atoms with Gasteiger partial charge in [0.25, 0.3) is 0 Å². The molecule has 1 aromatic carbocycles. The number of nitriles is 1. The van der Waals surface area contributed by atoms with Gasteiger partial charge in [0.05, 0.1) is 23.8 Å². The Kier molecular flexibility index (Phi) is 4.90. The molecule has 5 nitrogen and oxygen atoms in total. The highest BCUT2D eigenvalue weighted by atomic mass is 32.2. The summed E-state index contributed by atoms with van der Waals surface area (Å²) in [5.74, 6) is -0.264. The molecule has 6 heteroatoms. The lowest BCUT2D eigenvalue weighted by Gasteiger charge is -2.42. The summed E-state index contributed by atoms with van der Waals surface area (Å²) in [4.78, 5) is 4.56. The molecular formula is C21H23N5S. The van der Waals surface area contributed by atoms with Crippen molar-refractivity contribution in [2.75, 3.05) is 6.26 Å². The van der Waals surface area contributed by atoms with Gasteiger partial charge in [-0.15, -0.1) is 11.8 Å². The van der Waals surface area contributed by atoms with E-state index in [1.54, 1.807) is 11.8 Å². The first-order chi connectivity index (χ1) is 13.1. The quantitative estimate of drug-likeness (QED) is 0.859. The molecule has 2 aromatic rings. The molecule has 1 N–H and O–H groups in total. The van der Waals surface area contributed by atoms with E-state index in [-0.39, 0.29) is 24.2 Å². The zero-order valence-electron chi connectivity index (χ0n) is 15.8. The van der Waals surface area contributed by atoms with Crippen LogP contribution < -0.4 is 5.32 Å². The highest BCUT2D eigenvalue weighted by Gasteiger charge is 2.46. The third-order valence-electron chi connectivity index (χ3n) is 5.41. The summed E-state index contributed by atoms with van der Waals surface area (Å²) >= 11 is 1.56. The van der Waals surface area contributed by atoms with E-state index in [2.05, 4.69) is 59.5 Å². The maximum Gasteiger partial charge on any atom is 0.131 e. The molecule has 0 bridgehead atoms. The Balaban J connectivity index is 1.77. The van der Waals surface area contributed by atoms with Crippen LogP contribution >= 0.6 is 11.8 Å². The van der Waals surface area contributed by atoms with Gasteiger partial charge in [-0.25, -0.2) is 0 Å². The number of hydrogen-bond acceptors (Lipinski definition) is 6. The maximum atomic E-state index is 9.78. The molecule has 27 heavy (non-hydrogen) atoms. The molecule has 2 aliphatic heterocycles. The van der Waals surface area contributed by atoms with Crippen LogP contribution in [-0.4, -0.2) is 27.5 Å². The SMILES string of the molecule is CSC1=NN2C(c3ccc(C)cc3C)CC(c3ccccn3)NC2C1C#N. The fourth-order valence-corrected chi connectivity index (χ4v) is 4.73. The van der Waals surface area contributed by atoms with Gasteiger partial charge in [-0.2, -0.15) is 10.4 Å². The Morgan fingerprint density at radius 3 is 2.78 bits per heavy atom. The Morgan fingerprint density at radius 1 is 1.26 bits per heavy atom. The minimum Gasteiger partial charge on any atom is -0.286 e. The third-order valence-corrected chi connectivity index (χ3v) is 6.16. The Morgan fingerprint density at radius 2 is 2.11 bits per heavy atom. The number of aryl methyl sites for hydroxylation is 2. The second kappa shape index (κ2) is 7.34. The molecule has 0 spiro atoms. The van der Waals surface area contributed by atoms with Gasteiger partial charge in [0.1, 0.15) is 17.1 Å². The van der Waals surface area contributed by atoms with Crippen LogP contribution in [0.15, 0.2) is 47.7 Å². The van der Waals surface area contributed by atoms with E-state index in [0.29, 0.717) is 0 Å². The third kappa shape index (κ3) is 3.22. The number of aromatic nitrogens is 1. The number of benzene rings is 1. The highest BCUT2D eigenvalue weighted by molar-refractivity contribution is 8.13. The lowest BCUT2D eigenvalue weighted by atomic mass is 9.89. The van der Waals surface area contributed by atoms with Crippen molar-refractivity contribution in [2.24, 2.45) is 11.0 Å². The van der Waals surface area contributed by atoms with Crippen molar-refractivity contribution in [3.63, 3.8) is 0 Å². The fourth-order valence-electron chi connectivity index (χ4n) is 4.12. The van der Waals surface area contributed by atoms with Crippen LogP contribution in [0.4, 0.5) is 0 Å². The van der Waals surface area contributed by atoms with Crippen LogP contribution in [0, 0.1) is 31.1 Å². The van der Waals surface area contributed by atoms with E-state index in [9.17, 15) is 5.26 Å². The maximum absolute atomic E-state index is 9.78. The normalized spacial score (nSPS) is 27.0. The molecule has 0 saturated carbocycles. The standard InChI is InChI=1S/C21H23N5S/c1-13-7-8-15(14(2)10-13)19-11-18(17-6-4-5-9-23-17)24-20-16(12-22)21(27-3)25-26(19)20/h4-10,16,18-20,24H,11H2,1-3H3. The molecule has 138 valence electrons. The molecule has 4 unspecified atom stereocenters. The average Bonchev–Trinajstić information content (AvgIpc) is 3.06. The predicted molar refractivity (Wildman–Crippen MR) is 109 cm³/mol. The second-order valence-corrected chi connectivity index (χ2v) is 7.99. The van der Waals surface area contributed by atoms with E-state index in [0.717, 1.165) is 17.2 Å². The molecule has 0 radical (unpaired) electrons. The van der Waals surface area contributed by atoms with Crippen LogP contribution in [0.1, 0.15) is 40.9 Å². The van der Waals surface area contributed by atoms with Crippen molar-refractivity contribution in [2.45, 2.75) is 38.5 Å². The highest BCUT2D eigenvalue weighted by Crippen LogP contribution is 2.43. The summed E-state index contributed by atoms with van der Waals surface area (Å²) in [7, 11) is 0. The lowest BCUT2D eigenvalue weighted by molar-refractivity contribution is 0.0529. The van der Waals surface area contributed by atoms with Gasteiger partial charge in [-0.3, -0.25) is 15.3 Å². The van der Waals surface area contributed by atoms with Crippen molar-refractivity contribution >= 4 is 16.8 Å². The van der Waals surface area contributed by atoms with Crippen LogP contribution in [0.5, 0.6) is 0 Å². The number of fused-ring (bicyclic) bond motifs is 1. The van der Waals surface area contributed by atoms with Crippen molar-refractivity contribution in [3.8, 4) is 6.07 Å². The monoisotopic (exact) mass is 377 g/mol. The molecular weight excluding hydrogens is 354 g/mol. The molecule has 2 aliphatic rings. The second-order valence-electron chi connectivity index (χ2n) is 7.16. The fraction of sp³-hybridized carbons (Fsp3) is 0.381. The van der Waals surface area contributed by atoms with Crippen molar-refractivity contribution in [1.82, 2.24) is 15.3 Å². The van der Waals surface area contributed by atoms with E-state index < -0.39 is 0 Å². The van der Waals surface area contributed by atoms with Crippen molar-refractivity contribution in [3.05, 3.63) is 65.0 Å². The van der Waals surface area contributed by atoms with Gasteiger partial charge in [0, 0.05) is 6.20 Å². The molecule has 1 saturated heterocycles. The number of nitrogens with one attached hydrogen (secondary N) is 1. The van der Waals surface area contributed by atoms with Gasteiger partial charge in [-0.05, 0) is 49.8 Å². The van der Waals surface area contributed by atoms with E-state index in [1.807, 2.05) is 24.6 Å². The first-order valence-electron chi connectivity index (χ1n) is 9.17. The van der Waals surface area contributed by atoms with Crippen molar-refractivity contribution in [1.29, 1.82) is 5.26 Å². The van der Waals surface area contributed by atoms with Gasteiger partial charge in [0.15, 0.2) is 0 Å². The number of pyridine rings is 1. The Bertz CT molecular complexity index is 905. The van der Waals surface area contributed by atoms with E-state index in [1.165, 1.54) is 16.7 Å². The van der Waals surface area contributed by atoms with Crippen molar-refractivity contribution < 1.29 is 0 Å². The zero-order valence-corrected chi connectivity index (χ0v) is 16.6. The summed E-state index contributed by atoms with van der Waals surface area (Å²) in [5, 5.41) is 21.3. The summed E-state index contributed by atoms with van der Waals surface area (Å²) in [6, 6.07) is 15.3. The smallest absolute Gasteiger partial charge is 0.131 e. The Hall–Kier alpha value is -2.36. The molecule has 4 atom stereocenters. The molecule has 3 heterocycles. The summed E-state index contributed by atoms with van der Waals surface area (Å²) < 4.78 is 0. The number of hydrazone groups is 1. The lowest BCUT2D eigenvalue weighted by Crippen LogP contribution is -2.52. The number of nitrogens with zero attached hydrogens (tertiary/aromatic N) is 4. The molecule has 0 aliphatic carbocycles. The predicted octanol–water partition coefficient (Wildman–Crippen LogP) is 3.93. The number of rotatable bonds is 2. The van der Waals surface area contributed by atoms with E-state index in [4.69, 9.17) is 5.10 Å².